The van der Waals surface area contributed by atoms with E-state index in [2.05, 4.69) is 16.0 Å². The van der Waals surface area contributed by atoms with Crippen molar-refractivity contribution in [2.45, 2.75) is 26.7 Å². The van der Waals surface area contributed by atoms with Crippen LogP contribution in [0.1, 0.15) is 48.2 Å². The standard InChI is InChI=1S/C28H25N5O6/c1-3-6-25(36)32-23-13-24(35)20(12-18(23)17-7-4-5-8-21(17)31-15(2)34)26(30)27(37)33-22-10-9-16(14-29)11-19(22)28(38)39/h4-5,7-13,30,35H,3,6H2,1-2H3,(H,31,34)(H,32,36)(H,33,37)(H,38,39). The van der Waals surface area contributed by atoms with Crippen LogP contribution in [0.25, 0.3) is 11.1 Å². The van der Waals surface area contributed by atoms with E-state index < -0.39 is 23.3 Å². The first-order valence-corrected chi connectivity index (χ1v) is 11.8. The molecule has 198 valence electrons. The number of phenolic OH excluding ortho intramolecular Hbond substituents is 1. The van der Waals surface area contributed by atoms with Crippen molar-refractivity contribution >= 4 is 46.5 Å². The van der Waals surface area contributed by atoms with Crippen LogP contribution in [0.3, 0.4) is 0 Å². The van der Waals surface area contributed by atoms with Crippen molar-refractivity contribution < 1.29 is 29.4 Å². The van der Waals surface area contributed by atoms with Gasteiger partial charge < -0.3 is 26.2 Å². The zero-order chi connectivity index (χ0) is 28.7. The number of anilines is 3. The molecule has 0 aliphatic rings. The van der Waals surface area contributed by atoms with Crippen LogP contribution < -0.4 is 16.0 Å². The highest BCUT2D eigenvalue weighted by Gasteiger charge is 2.23. The van der Waals surface area contributed by atoms with Crippen molar-refractivity contribution in [1.29, 1.82) is 10.7 Å². The number of nitriles is 1. The molecule has 0 saturated heterocycles. The van der Waals surface area contributed by atoms with E-state index in [0.29, 0.717) is 23.2 Å². The fourth-order valence-corrected chi connectivity index (χ4v) is 3.78. The first kappa shape index (κ1) is 28.1. The molecule has 3 aromatic rings. The third-order valence-electron chi connectivity index (χ3n) is 5.54. The van der Waals surface area contributed by atoms with Crippen LogP contribution in [0, 0.1) is 16.7 Å². The first-order chi connectivity index (χ1) is 18.5. The van der Waals surface area contributed by atoms with E-state index in [1.54, 1.807) is 24.3 Å². The van der Waals surface area contributed by atoms with Gasteiger partial charge in [0.2, 0.25) is 11.8 Å². The van der Waals surface area contributed by atoms with Crippen LogP contribution in [0.2, 0.25) is 0 Å². The van der Waals surface area contributed by atoms with E-state index in [1.807, 2.05) is 13.0 Å². The highest BCUT2D eigenvalue weighted by Crippen LogP contribution is 2.38. The summed E-state index contributed by atoms with van der Waals surface area (Å²) in [5.74, 6) is -3.57. The van der Waals surface area contributed by atoms with E-state index in [4.69, 9.17) is 10.7 Å². The van der Waals surface area contributed by atoms with Crippen LogP contribution in [-0.4, -0.2) is 39.6 Å². The minimum Gasteiger partial charge on any atom is -0.507 e. The molecule has 3 amide bonds. The van der Waals surface area contributed by atoms with Crippen molar-refractivity contribution in [2.24, 2.45) is 0 Å². The molecule has 0 radical (unpaired) electrons. The highest BCUT2D eigenvalue weighted by molar-refractivity contribution is 6.48. The lowest BCUT2D eigenvalue weighted by atomic mass is 9.96. The lowest BCUT2D eigenvalue weighted by Crippen LogP contribution is -2.24. The number of carbonyl (C=O) groups excluding carboxylic acids is 3. The van der Waals surface area contributed by atoms with Gasteiger partial charge in [-0.3, -0.25) is 19.8 Å². The molecule has 3 aromatic carbocycles. The normalized spacial score (nSPS) is 10.2. The summed E-state index contributed by atoms with van der Waals surface area (Å²) in [5, 5.41) is 45.5. The molecule has 11 heteroatoms. The number of rotatable bonds is 9. The summed E-state index contributed by atoms with van der Waals surface area (Å²) in [6.45, 7) is 3.16. The van der Waals surface area contributed by atoms with Gasteiger partial charge in [-0.1, -0.05) is 25.1 Å². The van der Waals surface area contributed by atoms with Gasteiger partial charge in [0.05, 0.1) is 28.6 Å². The second-order valence-corrected chi connectivity index (χ2v) is 8.45. The Morgan fingerprint density at radius 1 is 0.897 bits per heavy atom. The molecule has 3 rings (SSSR count). The Hall–Kier alpha value is -5.50. The van der Waals surface area contributed by atoms with E-state index in [0.717, 1.165) is 6.07 Å². The molecular formula is C28H25N5O6. The Labute approximate surface area is 223 Å². The predicted octanol–water partition coefficient (Wildman–Crippen LogP) is 4.33. The fourth-order valence-electron chi connectivity index (χ4n) is 3.78. The topological polar surface area (TPSA) is 192 Å². The summed E-state index contributed by atoms with van der Waals surface area (Å²) >= 11 is 0. The molecule has 0 aromatic heterocycles. The number of nitrogens with one attached hydrogen (secondary N) is 4. The number of amides is 3. The first-order valence-electron chi connectivity index (χ1n) is 11.8. The predicted molar refractivity (Wildman–Crippen MR) is 145 cm³/mol. The summed E-state index contributed by atoms with van der Waals surface area (Å²) in [4.78, 5) is 48.8. The van der Waals surface area contributed by atoms with Crippen LogP contribution in [0.5, 0.6) is 5.75 Å². The van der Waals surface area contributed by atoms with Crippen LogP contribution in [0.15, 0.2) is 54.6 Å². The van der Waals surface area contributed by atoms with Gasteiger partial charge in [0.15, 0.2) is 0 Å². The number of aromatic carboxylic acids is 1. The zero-order valence-electron chi connectivity index (χ0n) is 21.1. The lowest BCUT2D eigenvalue weighted by molar-refractivity contribution is -0.116. The minimum absolute atomic E-state index is 0.0707. The third kappa shape index (κ3) is 6.64. The number of hydrogen-bond donors (Lipinski definition) is 6. The Balaban J connectivity index is 2.09. The maximum absolute atomic E-state index is 13.0. The molecule has 0 saturated carbocycles. The number of phenols is 1. The van der Waals surface area contributed by atoms with Gasteiger partial charge in [-0.2, -0.15) is 5.26 Å². The molecule has 0 aliphatic carbocycles. The minimum atomic E-state index is -1.39. The highest BCUT2D eigenvalue weighted by atomic mass is 16.4. The fraction of sp³-hybridized carbons (Fsp3) is 0.143. The van der Waals surface area contributed by atoms with Gasteiger partial charge in [0, 0.05) is 41.8 Å². The molecule has 6 N–H and O–H groups in total. The molecule has 11 nitrogen and oxygen atoms in total. The van der Waals surface area contributed by atoms with E-state index >= 15 is 0 Å². The average molecular weight is 528 g/mol. The number of aromatic hydroxyl groups is 1. The van der Waals surface area contributed by atoms with Crippen LogP contribution >= 0.6 is 0 Å². The summed E-state index contributed by atoms with van der Waals surface area (Å²) in [6, 6.07) is 14.7. The molecule has 0 unspecified atom stereocenters. The zero-order valence-corrected chi connectivity index (χ0v) is 21.1. The summed E-state index contributed by atoms with van der Waals surface area (Å²) in [5.41, 5.74) is 0.0355. The van der Waals surface area contributed by atoms with E-state index in [-0.39, 0.29) is 46.3 Å². The van der Waals surface area contributed by atoms with Crippen molar-refractivity contribution in [2.75, 3.05) is 16.0 Å². The number of hydrogen-bond acceptors (Lipinski definition) is 7. The molecule has 0 bridgehead atoms. The van der Waals surface area contributed by atoms with Crippen molar-refractivity contribution in [1.82, 2.24) is 0 Å². The summed E-state index contributed by atoms with van der Waals surface area (Å²) < 4.78 is 0. The molecule has 39 heavy (non-hydrogen) atoms. The quantitative estimate of drug-likeness (QED) is 0.223. The number of carbonyl (C=O) groups is 4. The van der Waals surface area contributed by atoms with Crippen molar-refractivity contribution in [3.8, 4) is 22.9 Å². The number of para-hydroxylation sites is 1. The third-order valence-corrected chi connectivity index (χ3v) is 5.54. The van der Waals surface area contributed by atoms with Gasteiger partial charge >= 0.3 is 5.97 Å². The summed E-state index contributed by atoms with van der Waals surface area (Å²) in [6.07, 6.45) is 0.788. The molecular weight excluding hydrogens is 502 g/mol. The number of benzene rings is 3. The molecule has 0 spiro atoms. The smallest absolute Gasteiger partial charge is 0.337 e. The van der Waals surface area contributed by atoms with E-state index in [1.165, 1.54) is 31.2 Å². The molecule has 0 atom stereocenters. The Kier molecular flexibility index (Phi) is 8.75. The molecule has 0 heterocycles. The van der Waals surface area contributed by atoms with Gasteiger partial charge in [-0.25, -0.2) is 4.79 Å². The second-order valence-electron chi connectivity index (χ2n) is 8.45. The van der Waals surface area contributed by atoms with E-state index in [9.17, 15) is 29.4 Å². The van der Waals surface area contributed by atoms with Gasteiger partial charge in [0.1, 0.15) is 11.5 Å². The summed E-state index contributed by atoms with van der Waals surface area (Å²) in [7, 11) is 0. The average Bonchev–Trinajstić information content (AvgIpc) is 2.89. The van der Waals surface area contributed by atoms with Crippen LogP contribution in [-0.2, 0) is 14.4 Å². The monoisotopic (exact) mass is 527 g/mol. The maximum atomic E-state index is 13.0. The number of carboxylic acid groups (broad SMARTS) is 1. The lowest BCUT2D eigenvalue weighted by Gasteiger charge is -2.18. The molecule has 0 aliphatic heterocycles. The van der Waals surface area contributed by atoms with Gasteiger partial charge in [-0.15, -0.1) is 0 Å². The number of carboxylic acids is 1. The maximum Gasteiger partial charge on any atom is 0.337 e. The Bertz CT molecular complexity index is 1540. The largest absolute Gasteiger partial charge is 0.507 e. The van der Waals surface area contributed by atoms with Crippen molar-refractivity contribution in [3.63, 3.8) is 0 Å². The Morgan fingerprint density at radius 2 is 1.62 bits per heavy atom. The van der Waals surface area contributed by atoms with Crippen LogP contribution in [0.4, 0.5) is 17.1 Å². The second kappa shape index (κ2) is 12.2. The molecule has 0 fully saturated rings. The van der Waals surface area contributed by atoms with Gasteiger partial charge in [0.25, 0.3) is 5.91 Å². The number of nitrogens with zero attached hydrogens (tertiary/aromatic N) is 1. The Morgan fingerprint density at radius 3 is 2.26 bits per heavy atom. The SMILES string of the molecule is CCCC(=O)Nc1cc(O)c(C(=N)C(=O)Nc2ccc(C#N)cc2C(=O)O)cc1-c1ccccc1NC(C)=O. The van der Waals surface area contributed by atoms with Gasteiger partial charge in [-0.05, 0) is 36.8 Å². The van der Waals surface area contributed by atoms with Crippen molar-refractivity contribution in [3.05, 3.63) is 71.3 Å².